The number of ether oxygens (including phenoxy) is 2. The van der Waals surface area contributed by atoms with Crippen LogP contribution in [0.1, 0.15) is 25.5 Å². The number of benzene rings is 1. The van der Waals surface area contributed by atoms with Gasteiger partial charge in [-0.15, -0.1) is 0 Å². The monoisotopic (exact) mass is 499 g/mol. The van der Waals surface area contributed by atoms with E-state index in [4.69, 9.17) is 25.3 Å². The predicted octanol–water partition coefficient (Wildman–Crippen LogP) is 1.59. The molecule has 0 aliphatic carbocycles. The number of anilines is 1. The second kappa shape index (κ2) is 11.5. The number of nitrogens with two attached hydrogens (primary N) is 1. The van der Waals surface area contributed by atoms with Crippen LogP contribution in [0.15, 0.2) is 36.5 Å². The molecule has 0 saturated carbocycles. The maximum atomic E-state index is 13.6. The van der Waals surface area contributed by atoms with Crippen molar-refractivity contribution in [1.29, 1.82) is 0 Å². The molecule has 6 N–H and O–H groups in total. The van der Waals surface area contributed by atoms with Crippen LogP contribution in [0, 0.1) is 11.2 Å². The number of hydrogen-bond donors (Lipinski definition) is 5. The first-order valence-electron chi connectivity index (χ1n) is 11.7. The van der Waals surface area contributed by atoms with E-state index in [1.807, 2.05) is 0 Å². The van der Waals surface area contributed by atoms with Crippen molar-refractivity contribution in [2.24, 2.45) is 11.1 Å². The third-order valence-electron chi connectivity index (χ3n) is 5.68. The molecular formula is C24H30FN7O4. The smallest absolute Gasteiger partial charge is 0.230 e. The van der Waals surface area contributed by atoms with Gasteiger partial charge in [0.25, 0.3) is 0 Å². The minimum Gasteiger partial charge on any atom is -0.396 e. The van der Waals surface area contributed by atoms with E-state index < -0.39 is 11.7 Å². The molecule has 1 aliphatic heterocycles. The van der Waals surface area contributed by atoms with Crippen molar-refractivity contribution in [2.45, 2.75) is 19.6 Å². The van der Waals surface area contributed by atoms with Gasteiger partial charge in [-0.3, -0.25) is 4.79 Å². The highest BCUT2D eigenvalue weighted by molar-refractivity contribution is 5.82. The van der Waals surface area contributed by atoms with Gasteiger partial charge in [-0.2, -0.15) is 0 Å². The first kappa shape index (κ1) is 25.6. The molecule has 0 spiro atoms. The summed E-state index contributed by atoms with van der Waals surface area (Å²) in [5, 5.41) is 14.8. The van der Waals surface area contributed by atoms with Crippen molar-refractivity contribution in [3.8, 4) is 22.6 Å². The highest BCUT2D eigenvalue weighted by atomic mass is 19.1. The van der Waals surface area contributed by atoms with E-state index in [1.165, 1.54) is 12.1 Å². The highest BCUT2D eigenvalue weighted by Gasteiger charge is 2.40. The lowest BCUT2D eigenvalue weighted by Gasteiger charge is -2.35. The average Bonchev–Trinajstić information content (AvgIpc) is 3.34. The Bertz CT molecular complexity index is 1160. The summed E-state index contributed by atoms with van der Waals surface area (Å²) in [6.45, 7) is 3.30. The Balaban J connectivity index is 1.61. The average molecular weight is 500 g/mol. The molecule has 1 saturated heterocycles. The summed E-state index contributed by atoms with van der Waals surface area (Å²) < 4.78 is 25.4. The molecule has 0 unspecified atom stereocenters. The number of hydrogen-bond acceptors (Lipinski definition) is 9. The molecule has 11 nitrogen and oxygen atoms in total. The molecule has 36 heavy (non-hydrogen) atoms. The summed E-state index contributed by atoms with van der Waals surface area (Å²) in [6, 6.07) is 7.69. The molecule has 2 aromatic heterocycles. The minimum atomic E-state index is -0.858. The fraction of sp³-hybridized carbons (Fsp3) is 0.417. The van der Waals surface area contributed by atoms with Gasteiger partial charge in [0, 0.05) is 38.0 Å². The van der Waals surface area contributed by atoms with Crippen LogP contribution in [0.4, 0.5) is 10.3 Å². The molecule has 192 valence electrons. The van der Waals surface area contributed by atoms with Crippen molar-refractivity contribution in [1.82, 2.24) is 25.3 Å². The van der Waals surface area contributed by atoms with E-state index in [0.29, 0.717) is 60.5 Å². The molecule has 0 radical (unpaired) electrons. The number of rotatable bonds is 10. The Morgan fingerprint density at radius 3 is 2.67 bits per heavy atom. The highest BCUT2D eigenvalue weighted by Crippen LogP contribution is 2.35. The van der Waals surface area contributed by atoms with Gasteiger partial charge in [0.1, 0.15) is 5.82 Å². The number of carbonyl (C=O) groups excluding carboxylic acids is 1. The van der Waals surface area contributed by atoms with E-state index in [0.717, 1.165) is 0 Å². The van der Waals surface area contributed by atoms with Gasteiger partial charge >= 0.3 is 0 Å². The lowest BCUT2D eigenvalue weighted by atomic mass is 9.91. The molecule has 1 amide bonds. The summed E-state index contributed by atoms with van der Waals surface area (Å²) in [4.78, 5) is 29.2. The van der Waals surface area contributed by atoms with Crippen LogP contribution in [0.25, 0.3) is 22.6 Å². The Hall–Kier alpha value is -3.45. The molecule has 3 heterocycles. The van der Waals surface area contributed by atoms with E-state index in [1.54, 1.807) is 31.3 Å². The maximum absolute atomic E-state index is 13.6. The topological polar surface area (TPSA) is 160 Å². The van der Waals surface area contributed by atoms with E-state index in [9.17, 15) is 9.18 Å². The van der Waals surface area contributed by atoms with Gasteiger partial charge < -0.3 is 35.9 Å². The number of nitrogens with one attached hydrogen (secondary N) is 3. The second-order valence-corrected chi connectivity index (χ2v) is 8.68. The SMILES string of the molecule is CC1(C(=O)NCCN)COC(c2nc(-c3ccc(F)cc3)c(-c3ccnc(NCCCO)n3)[nH]2)OC1. The van der Waals surface area contributed by atoms with E-state index in [-0.39, 0.29) is 31.5 Å². The van der Waals surface area contributed by atoms with Crippen molar-refractivity contribution in [3.05, 3.63) is 48.2 Å². The lowest BCUT2D eigenvalue weighted by molar-refractivity contribution is -0.231. The standard InChI is InChI=1S/C24H30FN7O4/c1-24(22(34)27-11-8-26)13-35-21(36-14-24)20-31-18(15-3-5-16(25)6-4-15)19(32-20)17-7-10-29-23(30-17)28-9-2-12-33/h3-7,10,21,33H,2,8-9,11-14,26H2,1H3,(H,27,34)(H,31,32)(H,28,29,30). The van der Waals surface area contributed by atoms with Gasteiger partial charge in [-0.1, -0.05) is 0 Å². The minimum absolute atomic E-state index is 0.0560. The summed E-state index contributed by atoms with van der Waals surface area (Å²) in [5.74, 6) is 0.231. The summed E-state index contributed by atoms with van der Waals surface area (Å²) in [6.07, 6.45) is 1.33. The Kier molecular flexibility index (Phi) is 8.21. The normalized spacial score (nSPS) is 19.7. The number of amides is 1. The molecular weight excluding hydrogens is 469 g/mol. The molecule has 1 aliphatic rings. The number of aliphatic hydroxyl groups excluding tert-OH is 1. The second-order valence-electron chi connectivity index (χ2n) is 8.68. The molecule has 3 aromatic rings. The fourth-order valence-corrected chi connectivity index (χ4v) is 3.66. The van der Waals surface area contributed by atoms with Gasteiger partial charge in [0.15, 0.2) is 5.82 Å². The summed E-state index contributed by atoms with van der Waals surface area (Å²) in [5.41, 5.74) is 6.95. The van der Waals surface area contributed by atoms with Crippen molar-refractivity contribution >= 4 is 11.9 Å². The number of halogens is 1. The Morgan fingerprint density at radius 2 is 1.97 bits per heavy atom. The quantitative estimate of drug-likeness (QED) is 0.261. The van der Waals surface area contributed by atoms with Crippen LogP contribution in [0.3, 0.4) is 0 Å². The first-order valence-corrected chi connectivity index (χ1v) is 11.7. The number of aliphatic hydroxyl groups is 1. The van der Waals surface area contributed by atoms with E-state index in [2.05, 4.69) is 25.6 Å². The molecule has 1 aromatic carbocycles. The number of H-pyrrole nitrogens is 1. The lowest BCUT2D eigenvalue weighted by Crippen LogP contribution is -2.49. The number of nitrogens with zero attached hydrogens (tertiary/aromatic N) is 3. The zero-order chi connectivity index (χ0) is 25.5. The largest absolute Gasteiger partial charge is 0.396 e. The van der Waals surface area contributed by atoms with Gasteiger partial charge in [-0.05, 0) is 43.7 Å². The predicted molar refractivity (Wildman–Crippen MR) is 130 cm³/mol. The van der Waals surface area contributed by atoms with Gasteiger partial charge in [0.2, 0.25) is 18.1 Å². The number of imidazole rings is 1. The third kappa shape index (κ3) is 5.85. The van der Waals surface area contributed by atoms with Crippen LogP contribution >= 0.6 is 0 Å². The summed E-state index contributed by atoms with van der Waals surface area (Å²) in [7, 11) is 0. The van der Waals surface area contributed by atoms with Crippen LogP contribution < -0.4 is 16.4 Å². The first-order chi connectivity index (χ1) is 17.4. The van der Waals surface area contributed by atoms with Crippen LogP contribution in [-0.2, 0) is 14.3 Å². The van der Waals surface area contributed by atoms with Crippen LogP contribution in [-0.4, -0.2) is 70.4 Å². The molecule has 0 bridgehead atoms. The molecule has 0 atom stereocenters. The third-order valence-corrected chi connectivity index (χ3v) is 5.68. The summed E-state index contributed by atoms with van der Waals surface area (Å²) >= 11 is 0. The van der Waals surface area contributed by atoms with Gasteiger partial charge in [-0.25, -0.2) is 19.3 Å². The zero-order valence-corrected chi connectivity index (χ0v) is 20.0. The van der Waals surface area contributed by atoms with Crippen molar-refractivity contribution in [3.63, 3.8) is 0 Å². The Morgan fingerprint density at radius 1 is 1.22 bits per heavy atom. The number of aromatic nitrogens is 4. The fourth-order valence-electron chi connectivity index (χ4n) is 3.66. The maximum Gasteiger partial charge on any atom is 0.230 e. The molecule has 1 fully saturated rings. The van der Waals surface area contributed by atoms with Crippen molar-refractivity contribution in [2.75, 3.05) is 44.8 Å². The Labute approximate surface area is 207 Å². The number of aromatic amines is 1. The van der Waals surface area contributed by atoms with Crippen LogP contribution in [0.2, 0.25) is 0 Å². The molecule has 4 rings (SSSR count). The van der Waals surface area contributed by atoms with Crippen molar-refractivity contribution < 1.29 is 23.8 Å². The zero-order valence-electron chi connectivity index (χ0n) is 20.0. The van der Waals surface area contributed by atoms with Gasteiger partial charge in [0.05, 0.1) is 35.7 Å². The van der Waals surface area contributed by atoms with E-state index >= 15 is 0 Å². The molecule has 12 heteroatoms. The van der Waals surface area contributed by atoms with Crippen LogP contribution in [0.5, 0.6) is 0 Å². The number of carbonyl (C=O) groups is 1.